The molecule has 1 aliphatic carbocycles. The van der Waals surface area contributed by atoms with Crippen LogP contribution in [0.3, 0.4) is 0 Å². The Morgan fingerprint density at radius 1 is 1.41 bits per heavy atom. The molecular formula is C19H28N4O3S. The van der Waals surface area contributed by atoms with Gasteiger partial charge in [0, 0.05) is 43.4 Å². The zero-order valence-electron chi connectivity index (χ0n) is 16.6. The van der Waals surface area contributed by atoms with Crippen LogP contribution in [0.1, 0.15) is 25.3 Å². The Bertz CT molecular complexity index is 861. The van der Waals surface area contributed by atoms with Crippen molar-refractivity contribution in [1.82, 2.24) is 14.5 Å². The summed E-state index contributed by atoms with van der Waals surface area (Å²) in [6.45, 7) is 4.99. The van der Waals surface area contributed by atoms with Crippen molar-refractivity contribution in [2.45, 2.75) is 26.7 Å². The van der Waals surface area contributed by atoms with Crippen LogP contribution < -0.4 is 14.6 Å². The molecule has 148 valence electrons. The minimum atomic E-state index is -2.01. The van der Waals surface area contributed by atoms with Gasteiger partial charge in [-0.15, -0.1) is 0 Å². The normalized spacial score (nSPS) is 14.9. The molecule has 0 saturated heterocycles. The maximum Gasteiger partial charge on any atom is 0.253 e. The highest BCUT2D eigenvalue weighted by Gasteiger charge is 2.25. The SMILES string of the molecule is CCN(c1ncc(OCC2CC2)c(-c2cc(C)c(=O)n(C)c2)n1)S(C)(C)O. The maximum atomic E-state index is 12.1. The molecule has 0 unspecified atom stereocenters. The van der Waals surface area contributed by atoms with Crippen LogP contribution in [-0.4, -0.2) is 44.8 Å². The molecule has 2 heterocycles. The first-order valence-electron chi connectivity index (χ1n) is 9.11. The average Bonchev–Trinajstić information content (AvgIpc) is 3.41. The summed E-state index contributed by atoms with van der Waals surface area (Å²) in [5.41, 5.74) is 2.04. The molecule has 27 heavy (non-hydrogen) atoms. The monoisotopic (exact) mass is 392 g/mol. The lowest BCUT2D eigenvalue weighted by atomic mass is 10.1. The van der Waals surface area contributed by atoms with E-state index >= 15 is 0 Å². The Balaban J connectivity index is 2.09. The number of anilines is 1. The molecule has 0 spiro atoms. The lowest BCUT2D eigenvalue weighted by molar-refractivity contribution is 0.299. The van der Waals surface area contributed by atoms with E-state index in [1.54, 1.807) is 47.7 Å². The fourth-order valence-electron chi connectivity index (χ4n) is 2.95. The number of aromatic nitrogens is 3. The molecule has 8 heteroatoms. The van der Waals surface area contributed by atoms with Crippen LogP contribution in [0.2, 0.25) is 0 Å². The molecule has 1 saturated carbocycles. The van der Waals surface area contributed by atoms with Crippen molar-refractivity contribution in [3.63, 3.8) is 0 Å². The van der Waals surface area contributed by atoms with E-state index in [4.69, 9.17) is 9.72 Å². The van der Waals surface area contributed by atoms with Crippen LogP contribution in [0.15, 0.2) is 23.3 Å². The zero-order chi connectivity index (χ0) is 19.8. The fourth-order valence-corrected chi connectivity index (χ4v) is 4.07. The molecule has 0 amide bonds. The van der Waals surface area contributed by atoms with Crippen LogP contribution in [0, 0.1) is 12.8 Å². The first kappa shape index (κ1) is 19.7. The molecule has 0 aliphatic heterocycles. The molecule has 1 fully saturated rings. The van der Waals surface area contributed by atoms with Gasteiger partial charge in [-0.3, -0.25) is 9.10 Å². The molecule has 1 aliphatic rings. The largest absolute Gasteiger partial charge is 0.489 e. The lowest BCUT2D eigenvalue weighted by Gasteiger charge is -2.37. The average molecular weight is 393 g/mol. The Hall–Kier alpha value is -2.06. The third-order valence-corrected chi connectivity index (χ3v) is 6.10. The van der Waals surface area contributed by atoms with Gasteiger partial charge in [0.1, 0.15) is 5.69 Å². The summed E-state index contributed by atoms with van der Waals surface area (Å²) in [6, 6.07) is 1.83. The number of hydrogen-bond acceptors (Lipinski definition) is 6. The van der Waals surface area contributed by atoms with E-state index in [0.717, 1.165) is 5.56 Å². The number of ether oxygens (including phenoxy) is 1. The Kier molecular flexibility index (Phi) is 5.48. The highest BCUT2D eigenvalue weighted by molar-refractivity contribution is 8.29. The summed E-state index contributed by atoms with van der Waals surface area (Å²) in [4.78, 5) is 21.2. The third-order valence-electron chi connectivity index (χ3n) is 4.60. The van der Waals surface area contributed by atoms with Gasteiger partial charge in [0.25, 0.3) is 5.56 Å². The number of aryl methyl sites for hydroxylation is 2. The molecule has 3 rings (SSSR count). The molecule has 1 N–H and O–H groups in total. The van der Waals surface area contributed by atoms with Gasteiger partial charge in [0.2, 0.25) is 5.95 Å². The van der Waals surface area contributed by atoms with E-state index in [0.29, 0.717) is 42.0 Å². The van der Waals surface area contributed by atoms with Crippen molar-refractivity contribution in [2.75, 3.05) is 30.0 Å². The Morgan fingerprint density at radius 2 is 2.11 bits per heavy atom. The number of pyridine rings is 1. The highest BCUT2D eigenvalue weighted by atomic mass is 32.3. The quantitative estimate of drug-likeness (QED) is 0.779. The summed E-state index contributed by atoms with van der Waals surface area (Å²) in [6.07, 6.45) is 9.39. The molecule has 2 aromatic rings. The van der Waals surface area contributed by atoms with E-state index in [1.165, 1.54) is 12.8 Å². The Morgan fingerprint density at radius 3 is 2.67 bits per heavy atom. The standard InChI is InChI=1S/C19H28N4O3S/c1-6-23(27(4,5)25)19-20-10-16(26-12-14-7-8-14)17(21-19)15-9-13(2)18(24)22(3)11-15/h9-11,14,25H,6-8,12H2,1-5H3. The third kappa shape index (κ3) is 4.44. The van der Waals surface area contributed by atoms with Gasteiger partial charge >= 0.3 is 0 Å². The fraction of sp³-hybridized carbons (Fsp3) is 0.526. The van der Waals surface area contributed by atoms with Crippen molar-refractivity contribution in [3.05, 3.63) is 34.4 Å². The van der Waals surface area contributed by atoms with E-state index in [1.807, 2.05) is 13.0 Å². The van der Waals surface area contributed by atoms with Gasteiger partial charge in [-0.25, -0.2) is 9.97 Å². The van der Waals surface area contributed by atoms with Gasteiger partial charge in [-0.05, 0) is 38.7 Å². The number of nitrogens with zero attached hydrogens (tertiary/aromatic N) is 4. The van der Waals surface area contributed by atoms with Gasteiger partial charge in [-0.1, -0.05) is 10.5 Å². The van der Waals surface area contributed by atoms with Crippen LogP contribution in [-0.2, 0) is 7.05 Å². The summed E-state index contributed by atoms with van der Waals surface area (Å²) in [5, 5.41) is 0. The summed E-state index contributed by atoms with van der Waals surface area (Å²) >= 11 is 0. The minimum Gasteiger partial charge on any atom is -0.489 e. The predicted molar refractivity (Wildman–Crippen MR) is 111 cm³/mol. The summed E-state index contributed by atoms with van der Waals surface area (Å²) in [7, 11) is -0.279. The highest BCUT2D eigenvalue weighted by Crippen LogP contribution is 2.42. The van der Waals surface area contributed by atoms with E-state index in [2.05, 4.69) is 4.98 Å². The molecule has 0 radical (unpaired) electrons. The number of hydrogen-bond donors (Lipinski definition) is 1. The molecule has 0 atom stereocenters. The van der Waals surface area contributed by atoms with E-state index in [-0.39, 0.29) is 5.56 Å². The molecule has 0 aromatic carbocycles. The lowest BCUT2D eigenvalue weighted by Crippen LogP contribution is -2.27. The van der Waals surface area contributed by atoms with Gasteiger partial charge in [0.15, 0.2) is 5.75 Å². The topological polar surface area (TPSA) is 80.5 Å². The smallest absolute Gasteiger partial charge is 0.253 e. The maximum absolute atomic E-state index is 12.1. The van der Waals surface area contributed by atoms with Crippen molar-refractivity contribution in [3.8, 4) is 17.0 Å². The predicted octanol–water partition coefficient (Wildman–Crippen LogP) is 3.22. The van der Waals surface area contributed by atoms with Crippen molar-refractivity contribution in [1.29, 1.82) is 0 Å². The van der Waals surface area contributed by atoms with Crippen LogP contribution >= 0.6 is 10.5 Å². The second-order valence-electron chi connectivity index (χ2n) is 7.38. The minimum absolute atomic E-state index is 0.0374. The van der Waals surface area contributed by atoms with Gasteiger partial charge < -0.3 is 13.9 Å². The summed E-state index contributed by atoms with van der Waals surface area (Å²) in [5.74, 6) is 1.66. The van der Waals surface area contributed by atoms with Crippen molar-refractivity contribution >= 4 is 16.4 Å². The molecule has 0 bridgehead atoms. The van der Waals surface area contributed by atoms with E-state index < -0.39 is 10.5 Å². The van der Waals surface area contributed by atoms with Crippen LogP contribution in [0.25, 0.3) is 11.3 Å². The molecule has 7 nitrogen and oxygen atoms in total. The van der Waals surface area contributed by atoms with E-state index in [9.17, 15) is 9.35 Å². The summed E-state index contributed by atoms with van der Waals surface area (Å²) < 4.78 is 19.9. The van der Waals surface area contributed by atoms with Crippen LogP contribution in [0.4, 0.5) is 5.95 Å². The zero-order valence-corrected chi connectivity index (χ0v) is 17.4. The first-order valence-corrected chi connectivity index (χ1v) is 11.5. The molecular weight excluding hydrogens is 364 g/mol. The van der Waals surface area contributed by atoms with Crippen LogP contribution in [0.5, 0.6) is 5.75 Å². The van der Waals surface area contributed by atoms with Gasteiger partial charge in [0.05, 0.1) is 12.8 Å². The van der Waals surface area contributed by atoms with Crippen molar-refractivity contribution < 1.29 is 9.29 Å². The second-order valence-corrected chi connectivity index (χ2v) is 10.3. The van der Waals surface area contributed by atoms with Gasteiger partial charge in [-0.2, -0.15) is 0 Å². The van der Waals surface area contributed by atoms with Crippen molar-refractivity contribution in [2.24, 2.45) is 13.0 Å². The number of rotatable bonds is 7. The first-order chi connectivity index (χ1) is 12.7. The molecule has 2 aromatic heterocycles. The Labute approximate surface area is 161 Å². The second kappa shape index (κ2) is 7.52.